The quantitative estimate of drug-likeness (QED) is 0.564. The van der Waals surface area contributed by atoms with Crippen LogP contribution in [0.3, 0.4) is 0 Å². The summed E-state index contributed by atoms with van der Waals surface area (Å²) in [6, 6.07) is -0.119. The Bertz CT molecular complexity index is 517. The van der Waals surface area contributed by atoms with Gasteiger partial charge in [-0.25, -0.2) is 9.78 Å². The molecule has 0 bridgehead atoms. The highest BCUT2D eigenvalue weighted by Gasteiger charge is 2.32. The number of hydrogen-bond donors (Lipinski definition) is 0. The molecule has 116 valence electrons. The lowest BCUT2D eigenvalue weighted by Crippen LogP contribution is -2.38. The zero-order valence-corrected chi connectivity index (χ0v) is 13.0. The SMILES string of the molecule is CCN(CC)CCN1CCN(c2ncc([N+](=O)[O-])s2)C1=O. The molecule has 2 heterocycles. The van der Waals surface area contributed by atoms with E-state index in [1.54, 1.807) is 4.90 Å². The number of nitrogens with zero attached hydrogens (tertiary/aromatic N) is 5. The van der Waals surface area contributed by atoms with Crippen LogP contribution in [0, 0.1) is 10.1 Å². The second-order valence-electron chi connectivity index (χ2n) is 4.69. The fourth-order valence-corrected chi connectivity index (χ4v) is 2.99. The van der Waals surface area contributed by atoms with Gasteiger partial charge in [-0.2, -0.15) is 0 Å². The van der Waals surface area contributed by atoms with E-state index >= 15 is 0 Å². The summed E-state index contributed by atoms with van der Waals surface area (Å²) in [5, 5.41) is 11.0. The number of amides is 2. The van der Waals surface area contributed by atoms with Crippen LogP contribution in [0.5, 0.6) is 0 Å². The first-order chi connectivity index (χ1) is 10.1. The molecule has 0 saturated carbocycles. The largest absolute Gasteiger partial charge is 0.345 e. The van der Waals surface area contributed by atoms with E-state index in [9.17, 15) is 14.9 Å². The van der Waals surface area contributed by atoms with Gasteiger partial charge in [-0.3, -0.25) is 15.0 Å². The van der Waals surface area contributed by atoms with E-state index in [2.05, 4.69) is 23.7 Å². The summed E-state index contributed by atoms with van der Waals surface area (Å²) in [6.45, 7) is 8.78. The molecular weight excluding hydrogens is 294 g/mol. The lowest BCUT2D eigenvalue weighted by atomic mass is 10.4. The topological polar surface area (TPSA) is 82.8 Å². The standard InChI is InChI=1S/C12H19N5O3S/c1-3-14(4-2)5-6-15-7-8-16(12(15)18)11-13-9-10(21-11)17(19)20/h9H,3-8H2,1-2H3. The Morgan fingerprint density at radius 3 is 2.71 bits per heavy atom. The number of rotatable bonds is 7. The lowest BCUT2D eigenvalue weighted by molar-refractivity contribution is -0.380. The fourth-order valence-electron chi connectivity index (χ4n) is 2.24. The Kier molecular flexibility index (Phi) is 5.07. The summed E-state index contributed by atoms with van der Waals surface area (Å²) in [7, 11) is 0. The zero-order chi connectivity index (χ0) is 15.4. The minimum absolute atomic E-state index is 0.0422. The van der Waals surface area contributed by atoms with E-state index in [-0.39, 0.29) is 11.0 Å². The van der Waals surface area contributed by atoms with Crippen LogP contribution >= 0.6 is 11.3 Å². The third-order valence-electron chi connectivity index (χ3n) is 3.57. The molecule has 1 fully saturated rings. The molecule has 2 rings (SSSR count). The van der Waals surface area contributed by atoms with Gasteiger partial charge in [0.05, 0.1) is 4.92 Å². The molecule has 0 radical (unpaired) electrons. The van der Waals surface area contributed by atoms with E-state index in [0.29, 0.717) is 24.8 Å². The highest BCUT2D eigenvalue weighted by molar-refractivity contribution is 7.18. The van der Waals surface area contributed by atoms with Crippen molar-refractivity contribution in [1.29, 1.82) is 0 Å². The van der Waals surface area contributed by atoms with Gasteiger partial charge < -0.3 is 9.80 Å². The molecule has 0 atom stereocenters. The summed E-state index contributed by atoms with van der Waals surface area (Å²) < 4.78 is 0. The van der Waals surface area contributed by atoms with Crippen molar-refractivity contribution in [2.45, 2.75) is 13.8 Å². The Balaban J connectivity index is 1.95. The van der Waals surface area contributed by atoms with Crippen LogP contribution in [-0.4, -0.2) is 65.0 Å². The molecule has 1 saturated heterocycles. The van der Waals surface area contributed by atoms with Gasteiger partial charge in [-0.05, 0) is 24.4 Å². The molecule has 1 aromatic heterocycles. The van der Waals surface area contributed by atoms with E-state index in [1.807, 2.05) is 0 Å². The van der Waals surface area contributed by atoms with Gasteiger partial charge in [-0.15, -0.1) is 0 Å². The van der Waals surface area contributed by atoms with Crippen LogP contribution in [0.15, 0.2) is 6.20 Å². The van der Waals surface area contributed by atoms with Crippen LogP contribution in [-0.2, 0) is 0 Å². The molecule has 8 nitrogen and oxygen atoms in total. The van der Waals surface area contributed by atoms with Gasteiger partial charge in [0.25, 0.3) is 0 Å². The van der Waals surface area contributed by atoms with E-state index in [1.165, 1.54) is 11.1 Å². The number of likely N-dealkylation sites (N-methyl/N-ethyl adjacent to an activating group) is 1. The van der Waals surface area contributed by atoms with Gasteiger partial charge in [0, 0.05) is 26.2 Å². The van der Waals surface area contributed by atoms with Gasteiger partial charge in [-0.1, -0.05) is 13.8 Å². The van der Waals surface area contributed by atoms with Gasteiger partial charge in [0.1, 0.15) is 6.20 Å². The second kappa shape index (κ2) is 6.81. The summed E-state index contributed by atoms with van der Waals surface area (Å²) in [5.74, 6) is 0. The molecule has 2 amide bonds. The number of anilines is 1. The normalized spacial score (nSPS) is 15.3. The minimum atomic E-state index is -0.486. The molecule has 0 N–H and O–H groups in total. The van der Waals surface area contributed by atoms with Crippen molar-refractivity contribution in [3.8, 4) is 0 Å². The van der Waals surface area contributed by atoms with Gasteiger partial charge in [0.15, 0.2) is 5.13 Å². The molecular formula is C12H19N5O3S. The highest BCUT2D eigenvalue weighted by atomic mass is 32.1. The van der Waals surface area contributed by atoms with Crippen molar-refractivity contribution >= 4 is 27.5 Å². The van der Waals surface area contributed by atoms with Crippen LogP contribution < -0.4 is 4.90 Å². The number of nitro groups is 1. The molecule has 1 aliphatic heterocycles. The third-order valence-corrected chi connectivity index (χ3v) is 4.54. The number of aromatic nitrogens is 1. The maximum absolute atomic E-state index is 12.3. The Morgan fingerprint density at radius 1 is 1.43 bits per heavy atom. The van der Waals surface area contributed by atoms with E-state index in [4.69, 9.17) is 0 Å². The molecule has 0 aliphatic carbocycles. The van der Waals surface area contributed by atoms with Crippen molar-refractivity contribution in [3.63, 3.8) is 0 Å². The first-order valence-electron chi connectivity index (χ1n) is 6.95. The monoisotopic (exact) mass is 313 g/mol. The first-order valence-corrected chi connectivity index (χ1v) is 7.77. The van der Waals surface area contributed by atoms with Crippen molar-refractivity contribution in [1.82, 2.24) is 14.8 Å². The van der Waals surface area contributed by atoms with E-state index < -0.39 is 4.92 Å². The van der Waals surface area contributed by atoms with Crippen LogP contribution in [0.2, 0.25) is 0 Å². The molecule has 0 spiro atoms. The Morgan fingerprint density at radius 2 is 2.14 bits per heavy atom. The molecule has 1 aliphatic rings. The van der Waals surface area contributed by atoms with Crippen LogP contribution in [0.4, 0.5) is 14.9 Å². The predicted octanol–water partition coefficient (Wildman–Crippen LogP) is 1.64. The zero-order valence-electron chi connectivity index (χ0n) is 12.2. The van der Waals surface area contributed by atoms with Crippen LogP contribution in [0.1, 0.15) is 13.8 Å². The number of urea groups is 1. The summed E-state index contributed by atoms with van der Waals surface area (Å²) >= 11 is 0.935. The van der Waals surface area contributed by atoms with E-state index in [0.717, 1.165) is 31.0 Å². The molecule has 0 unspecified atom stereocenters. The van der Waals surface area contributed by atoms with Crippen molar-refractivity contribution in [3.05, 3.63) is 16.3 Å². The minimum Gasteiger partial charge on any atom is -0.321 e. The number of carbonyl (C=O) groups is 1. The van der Waals surface area contributed by atoms with Crippen molar-refractivity contribution < 1.29 is 9.72 Å². The Labute approximate surface area is 127 Å². The summed E-state index contributed by atoms with van der Waals surface area (Å²) in [4.78, 5) is 32.0. The van der Waals surface area contributed by atoms with Crippen molar-refractivity contribution in [2.24, 2.45) is 0 Å². The third kappa shape index (κ3) is 3.48. The molecule has 9 heteroatoms. The van der Waals surface area contributed by atoms with Crippen molar-refractivity contribution in [2.75, 3.05) is 44.2 Å². The smallest absolute Gasteiger partial charge is 0.321 e. The number of carbonyl (C=O) groups excluding carboxylic acids is 1. The van der Waals surface area contributed by atoms with Gasteiger partial charge >= 0.3 is 11.0 Å². The maximum atomic E-state index is 12.3. The predicted molar refractivity (Wildman–Crippen MR) is 80.9 cm³/mol. The Hall–Kier alpha value is -1.74. The second-order valence-corrected chi connectivity index (χ2v) is 5.67. The molecule has 21 heavy (non-hydrogen) atoms. The molecule has 0 aromatic carbocycles. The highest BCUT2D eigenvalue weighted by Crippen LogP contribution is 2.30. The van der Waals surface area contributed by atoms with Gasteiger partial charge in [0.2, 0.25) is 0 Å². The first kappa shape index (κ1) is 15.6. The number of thiazole rings is 1. The molecule has 1 aromatic rings. The summed E-state index contributed by atoms with van der Waals surface area (Å²) in [6.07, 6.45) is 1.20. The van der Waals surface area contributed by atoms with Crippen LogP contribution in [0.25, 0.3) is 0 Å². The number of hydrogen-bond acceptors (Lipinski definition) is 6. The summed E-state index contributed by atoms with van der Waals surface area (Å²) in [5.41, 5.74) is 0. The average Bonchev–Trinajstić information content (AvgIpc) is 3.07. The average molecular weight is 313 g/mol. The maximum Gasteiger partial charge on any atom is 0.345 e. The lowest BCUT2D eigenvalue weighted by Gasteiger charge is -2.22. The fraction of sp³-hybridized carbons (Fsp3) is 0.667.